The van der Waals surface area contributed by atoms with Gasteiger partial charge in [-0.05, 0) is 19.4 Å². The molecule has 1 aromatic heterocycles. The van der Waals surface area contributed by atoms with E-state index in [0.717, 1.165) is 4.57 Å². The Kier molecular flexibility index (Phi) is 6.35. The Hall–Kier alpha value is -3.58. The van der Waals surface area contributed by atoms with Gasteiger partial charge < -0.3 is 9.84 Å². The SMILES string of the molecule is COCCCn1c(O)c(C#N)c(C)c(N=Nc2ccccc2[N+](=O)[O-])c1=O. The molecule has 0 aliphatic heterocycles. The number of nitro groups is 1. The molecule has 1 aromatic carbocycles. The van der Waals surface area contributed by atoms with Crippen LogP contribution < -0.4 is 5.56 Å². The van der Waals surface area contributed by atoms with Crippen LogP contribution in [0.5, 0.6) is 5.88 Å². The van der Waals surface area contributed by atoms with Crippen molar-refractivity contribution < 1.29 is 14.8 Å². The molecule has 0 saturated heterocycles. The van der Waals surface area contributed by atoms with Crippen LogP contribution in [0.2, 0.25) is 0 Å². The summed E-state index contributed by atoms with van der Waals surface area (Å²) in [4.78, 5) is 23.1. The van der Waals surface area contributed by atoms with Crippen molar-refractivity contribution in [1.29, 1.82) is 5.26 Å². The van der Waals surface area contributed by atoms with Crippen LogP contribution in [0.4, 0.5) is 17.1 Å². The molecule has 10 nitrogen and oxygen atoms in total. The van der Waals surface area contributed by atoms with Crippen LogP contribution >= 0.6 is 0 Å². The first-order valence-corrected chi connectivity index (χ1v) is 7.93. The van der Waals surface area contributed by atoms with E-state index in [-0.39, 0.29) is 34.7 Å². The summed E-state index contributed by atoms with van der Waals surface area (Å²) in [6.07, 6.45) is 0.429. The molecule has 27 heavy (non-hydrogen) atoms. The summed E-state index contributed by atoms with van der Waals surface area (Å²) in [5.74, 6) is -0.458. The van der Waals surface area contributed by atoms with Crippen LogP contribution in [0.15, 0.2) is 39.3 Å². The lowest BCUT2D eigenvalue weighted by atomic mass is 10.1. The average Bonchev–Trinajstić information content (AvgIpc) is 2.65. The first-order chi connectivity index (χ1) is 12.9. The van der Waals surface area contributed by atoms with E-state index in [1.807, 2.05) is 6.07 Å². The predicted molar refractivity (Wildman–Crippen MR) is 95.6 cm³/mol. The molecule has 2 aromatic rings. The van der Waals surface area contributed by atoms with Crippen molar-refractivity contribution in [2.45, 2.75) is 19.9 Å². The molecule has 0 aliphatic rings. The minimum Gasteiger partial charge on any atom is -0.493 e. The van der Waals surface area contributed by atoms with Gasteiger partial charge in [0.25, 0.3) is 11.2 Å². The van der Waals surface area contributed by atoms with Gasteiger partial charge in [-0.25, -0.2) is 0 Å². The van der Waals surface area contributed by atoms with Gasteiger partial charge >= 0.3 is 0 Å². The number of benzene rings is 1. The fourth-order valence-electron chi connectivity index (χ4n) is 2.44. The van der Waals surface area contributed by atoms with Gasteiger partial charge in [0.05, 0.1) is 4.92 Å². The standard InChI is InChI=1S/C17H17N5O5/c1-11-12(10-18)16(23)21(8-5-9-27-2)17(24)15(11)20-19-13-6-3-4-7-14(13)22(25)26/h3-4,6-7,23H,5,8-9H2,1-2H3. The molecule has 0 spiro atoms. The number of aromatic nitrogens is 1. The van der Waals surface area contributed by atoms with Crippen molar-refractivity contribution >= 4 is 17.1 Å². The molecule has 0 atom stereocenters. The maximum Gasteiger partial charge on any atom is 0.296 e. The van der Waals surface area contributed by atoms with Crippen molar-refractivity contribution in [3.8, 4) is 11.9 Å². The summed E-state index contributed by atoms with van der Waals surface area (Å²) >= 11 is 0. The van der Waals surface area contributed by atoms with Crippen LogP contribution in [-0.4, -0.2) is 28.3 Å². The van der Waals surface area contributed by atoms with Gasteiger partial charge in [0.1, 0.15) is 11.6 Å². The Morgan fingerprint density at radius 3 is 2.70 bits per heavy atom. The number of para-hydroxylation sites is 1. The van der Waals surface area contributed by atoms with Crippen LogP contribution in [0, 0.1) is 28.4 Å². The molecule has 0 amide bonds. The molecule has 140 valence electrons. The van der Waals surface area contributed by atoms with Gasteiger partial charge in [-0.2, -0.15) is 5.26 Å². The third kappa shape index (κ3) is 4.16. The number of hydrogen-bond acceptors (Lipinski definition) is 8. The van der Waals surface area contributed by atoms with E-state index >= 15 is 0 Å². The zero-order valence-corrected chi connectivity index (χ0v) is 14.7. The third-order valence-corrected chi connectivity index (χ3v) is 3.84. The second-order valence-electron chi connectivity index (χ2n) is 5.53. The van der Waals surface area contributed by atoms with Crippen molar-refractivity contribution in [1.82, 2.24) is 4.57 Å². The second-order valence-corrected chi connectivity index (χ2v) is 5.53. The Balaban J connectivity index is 2.57. The number of nitrogens with zero attached hydrogens (tertiary/aromatic N) is 5. The third-order valence-electron chi connectivity index (χ3n) is 3.84. The predicted octanol–water partition coefficient (Wildman–Crippen LogP) is 3.09. The summed E-state index contributed by atoms with van der Waals surface area (Å²) in [6.45, 7) is 1.92. The summed E-state index contributed by atoms with van der Waals surface area (Å²) in [6, 6.07) is 7.53. The molecule has 1 N–H and O–H groups in total. The van der Waals surface area contributed by atoms with Crippen molar-refractivity contribution in [2.24, 2.45) is 10.2 Å². The smallest absolute Gasteiger partial charge is 0.296 e. The van der Waals surface area contributed by atoms with Crippen LogP contribution in [0.1, 0.15) is 17.5 Å². The molecule has 1 heterocycles. The number of nitro benzene ring substituents is 1. The monoisotopic (exact) mass is 371 g/mol. The molecule has 10 heteroatoms. The highest BCUT2D eigenvalue weighted by Gasteiger charge is 2.19. The fraction of sp³-hybridized carbons (Fsp3) is 0.294. The molecule has 2 rings (SSSR count). The first kappa shape index (κ1) is 19.7. The van der Waals surface area contributed by atoms with Gasteiger partial charge in [0.15, 0.2) is 11.4 Å². The van der Waals surface area contributed by atoms with E-state index in [1.165, 1.54) is 32.2 Å². The molecule has 0 aliphatic carbocycles. The first-order valence-electron chi connectivity index (χ1n) is 7.93. The second kappa shape index (κ2) is 8.68. The molecular formula is C17H17N5O5. The van der Waals surface area contributed by atoms with Gasteiger partial charge in [-0.3, -0.25) is 19.5 Å². The van der Waals surface area contributed by atoms with Crippen molar-refractivity contribution in [3.63, 3.8) is 0 Å². The zero-order valence-electron chi connectivity index (χ0n) is 14.7. The summed E-state index contributed by atoms with van der Waals surface area (Å²) < 4.78 is 5.94. The maximum atomic E-state index is 12.7. The molecule has 0 unspecified atom stereocenters. The summed E-state index contributed by atoms with van der Waals surface area (Å²) in [7, 11) is 1.50. The van der Waals surface area contributed by atoms with E-state index in [2.05, 4.69) is 10.2 Å². The van der Waals surface area contributed by atoms with E-state index in [0.29, 0.717) is 13.0 Å². The highest BCUT2D eigenvalue weighted by molar-refractivity contribution is 5.59. The lowest BCUT2D eigenvalue weighted by Crippen LogP contribution is -2.22. The number of aromatic hydroxyl groups is 1. The molecule has 0 radical (unpaired) electrons. The Labute approximate surface area is 154 Å². The topological polar surface area (TPSA) is 143 Å². The number of rotatable bonds is 7. The minimum absolute atomic E-state index is 0.0289. The van der Waals surface area contributed by atoms with Gasteiger partial charge in [0.2, 0.25) is 5.88 Å². The number of pyridine rings is 1. The Bertz CT molecular complexity index is 990. The van der Waals surface area contributed by atoms with Gasteiger partial charge in [0, 0.05) is 31.9 Å². The van der Waals surface area contributed by atoms with Crippen LogP contribution in [-0.2, 0) is 11.3 Å². The fourth-order valence-corrected chi connectivity index (χ4v) is 2.44. The lowest BCUT2D eigenvalue weighted by Gasteiger charge is -2.12. The summed E-state index contributed by atoms with van der Waals surface area (Å²) in [5.41, 5.74) is -1.08. The van der Waals surface area contributed by atoms with Crippen LogP contribution in [0.25, 0.3) is 0 Å². The Morgan fingerprint density at radius 1 is 1.37 bits per heavy atom. The number of nitriles is 1. The lowest BCUT2D eigenvalue weighted by molar-refractivity contribution is -0.384. The Morgan fingerprint density at radius 2 is 2.07 bits per heavy atom. The molecule has 0 saturated carbocycles. The molecular weight excluding hydrogens is 354 g/mol. The van der Waals surface area contributed by atoms with E-state index < -0.39 is 16.4 Å². The van der Waals surface area contributed by atoms with Crippen LogP contribution in [0.3, 0.4) is 0 Å². The largest absolute Gasteiger partial charge is 0.493 e. The number of methoxy groups -OCH3 is 1. The number of azo groups is 1. The molecule has 0 fully saturated rings. The van der Waals surface area contributed by atoms with E-state index in [1.54, 1.807) is 6.07 Å². The summed E-state index contributed by atoms with van der Waals surface area (Å²) in [5, 5.41) is 38.2. The molecule has 0 bridgehead atoms. The van der Waals surface area contributed by atoms with Gasteiger partial charge in [-0.1, -0.05) is 12.1 Å². The zero-order chi connectivity index (χ0) is 20.0. The van der Waals surface area contributed by atoms with E-state index in [9.17, 15) is 25.3 Å². The van der Waals surface area contributed by atoms with Crippen molar-refractivity contribution in [3.05, 3.63) is 55.9 Å². The minimum atomic E-state index is -0.651. The normalized spacial score (nSPS) is 10.9. The number of hydrogen-bond donors (Lipinski definition) is 1. The van der Waals surface area contributed by atoms with E-state index in [4.69, 9.17) is 4.74 Å². The number of ether oxygens (including phenoxy) is 1. The maximum absolute atomic E-state index is 12.7. The highest BCUT2D eigenvalue weighted by Crippen LogP contribution is 2.30. The van der Waals surface area contributed by atoms with Crippen molar-refractivity contribution in [2.75, 3.05) is 13.7 Å². The average molecular weight is 371 g/mol. The quantitative estimate of drug-likeness (QED) is 0.343. The highest BCUT2D eigenvalue weighted by atomic mass is 16.6. The van der Waals surface area contributed by atoms with Gasteiger partial charge in [-0.15, -0.1) is 10.2 Å².